The van der Waals surface area contributed by atoms with Crippen molar-refractivity contribution in [2.75, 3.05) is 26.7 Å². The van der Waals surface area contributed by atoms with Gasteiger partial charge in [0, 0.05) is 51.7 Å². The van der Waals surface area contributed by atoms with Crippen LogP contribution in [-0.4, -0.2) is 48.6 Å². The first-order valence-corrected chi connectivity index (χ1v) is 9.46. The van der Waals surface area contributed by atoms with Crippen LogP contribution in [0, 0.1) is 0 Å². The Morgan fingerprint density at radius 1 is 1.11 bits per heavy atom. The lowest BCUT2D eigenvalue weighted by Crippen LogP contribution is -2.48. The van der Waals surface area contributed by atoms with Gasteiger partial charge >= 0.3 is 0 Å². The zero-order chi connectivity index (χ0) is 18.0. The maximum Gasteiger partial charge on any atom is 0.191 e. The molecule has 0 amide bonds. The second kappa shape index (κ2) is 11.9. The molecule has 0 unspecified atom stereocenters. The van der Waals surface area contributed by atoms with E-state index in [0.717, 1.165) is 51.4 Å². The number of guanidine groups is 1. The van der Waals surface area contributed by atoms with Crippen LogP contribution in [-0.2, 0) is 13.0 Å². The van der Waals surface area contributed by atoms with Crippen LogP contribution in [0.4, 0.5) is 0 Å². The topological polar surface area (TPSA) is 52.6 Å². The highest BCUT2D eigenvalue weighted by Gasteiger charge is 2.19. The van der Waals surface area contributed by atoms with Gasteiger partial charge in [-0.1, -0.05) is 36.4 Å². The summed E-state index contributed by atoms with van der Waals surface area (Å²) in [4.78, 5) is 11.1. The number of aliphatic imine (C=N–C) groups is 1. The second-order valence-corrected chi connectivity index (χ2v) is 6.79. The lowest BCUT2D eigenvalue weighted by molar-refractivity contribution is 0.198. The summed E-state index contributed by atoms with van der Waals surface area (Å²) in [6.07, 6.45) is 6.97. The van der Waals surface area contributed by atoms with E-state index < -0.39 is 0 Å². The van der Waals surface area contributed by atoms with Crippen LogP contribution in [0.25, 0.3) is 0 Å². The van der Waals surface area contributed by atoms with Crippen molar-refractivity contribution in [1.29, 1.82) is 0 Å². The fourth-order valence-electron chi connectivity index (χ4n) is 3.34. The first-order valence-electron chi connectivity index (χ1n) is 9.46. The molecule has 0 aliphatic carbocycles. The van der Waals surface area contributed by atoms with Gasteiger partial charge in [-0.3, -0.25) is 14.9 Å². The van der Waals surface area contributed by atoms with E-state index in [1.54, 1.807) is 0 Å². The minimum atomic E-state index is 0. The van der Waals surface area contributed by atoms with Crippen LogP contribution in [0.15, 0.2) is 59.9 Å². The molecule has 3 rings (SSSR count). The number of likely N-dealkylation sites (tertiary alicyclic amines) is 1. The van der Waals surface area contributed by atoms with Gasteiger partial charge in [0.05, 0.1) is 0 Å². The third kappa shape index (κ3) is 7.46. The number of halogens is 1. The molecule has 27 heavy (non-hydrogen) atoms. The molecule has 0 spiro atoms. The van der Waals surface area contributed by atoms with Crippen molar-refractivity contribution in [3.63, 3.8) is 0 Å². The number of nitrogens with one attached hydrogen (secondary N) is 2. The first-order chi connectivity index (χ1) is 12.8. The predicted octanol–water partition coefficient (Wildman–Crippen LogP) is 3.07. The van der Waals surface area contributed by atoms with E-state index >= 15 is 0 Å². The van der Waals surface area contributed by atoms with Gasteiger partial charge in [-0.25, -0.2) is 0 Å². The largest absolute Gasteiger partial charge is 0.356 e. The minimum Gasteiger partial charge on any atom is -0.356 e. The Bertz CT molecular complexity index is 669. The summed E-state index contributed by atoms with van der Waals surface area (Å²) < 4.78 is 0. The number of hydrogen-bond donors (Lipinski definition) is 2. The van der Waals surface area contributed by atoms with Gasteiger partial charge in [0.25, 0.3) is 0 Å². The van der Waals surface area contributed by atoms with Crippen LogP contribution in [0.3, 0.4) is 0 Å². The van der Waals surface area contributed by atoms with Gasteiger partial charge in [-0.15, -0.1) is 24.0 Å². The zero-order valence-electron chi connectivity index (χ0n) is 16.0. The van der Waals surface area contributed by atoms with Crippen LogP contribution in [0.2, 0.25) is 0 Å². The molecule has 1 saturated heterocycles. The van der Waals surface area contributed by atoms with Crippen molar-refractivity contribution in [3.8, 4) is 0 Å². The van der Waals surface area contributed by atoms with E-state index in [2.05, 4.69) is 61.9 Å². The molecule has 1 aliphatic heterocycles. The molecule has 0 atom stereocenters. The molecule has 5 nitrogen and oxygen atoms in total. The fraction of sp³-hybridized carbons (Fsp3) is 0.429. The maximum atomic E-state index is 4.37. The van der Waals surface area contributed by atoms with E-state index in [0.29, 0.717) is 6.04 Å². The molecule has 2 heterocycles. The van der Waals surface area contributed by atoms with Gasteiger partial charge in [-0.2, -0.15) is 0 Å². The molecular formula is C21H30IN5. The van der Waals surface area contributed by atoms with Gasteiger partial charge in [0.15, 0.2) is 5.96 Å². The van der Waals surface area contributed by atoms with E-state index in [1.165, 1.54) is 11.1 Å². The summed E-state index contributed by atoms with van der Waals surface area (Å²) in [6.45, 7) is 4.16. The maximum absolute atomic E-state index is 4.37. The Hall–Kier alpha value is -1.67. The number of benzene rings is 1. The quantitative estimate of drug-likeness (QED) is 0.380. The van der Waals surface area contributed by atoms with Crippen LogP contribution in [0.5, 0.6) is 0 Å². The molecule has 1 aromatic carbocycles. The summed E-state index contributed by atoms with van der Waals surface area (Å²) in [7, 11) is 1.84. The molecule has 1 fully saturated rings. The minimum absolute atomic E-state index is 0. The van der Waals surface area contributed by atoms with Crippen LogP contribution < -0.4 is 10.6 Å². The number of hydrogen-bond acceptors (Lipinski definition) is 3. The first kappa shape index (κ1) is 21.6. The molecule has 2 aromatic rings. The Morgan fingerprint density at radius 2 is 1.85 bits per heavy atom. The summed E-state index contributed by atoms with van der Waals surface area (Å²) >= 11 is 0. The fourth-order valence-corrected chi connectivity index (χ4v) is 3.34. The predicted molar refractivity (Wildman–Crippen MR) is 123 cm³/mol. The summed E-state index contributed by atoms with van der Waals surface area (Å²) in [5.41, 5.74) is 2.64. The molecule has 146 valence electrons. The molecule has 0 radical (unpaired) electrons. The Kier molecular flexibility index (Phi) is 9.55. The van der Waals surface area contributed by atoms with Gasteiger partial charge in [0.1, 0.15) is 0 Å². The van der Waals surface area contributed by atoms with Crippen molar-refractivity contribution in [2.45, 2.75) is 31.8 Å². The molecular weight excluding hydrogens is 449 g/mol. The average Bonchev–Trinajstić information content (AvgIpc) is 2.70. The number of rotatable bonds is 6. The molecule has 2 N–H and O–H groups in total. The highest BCUT2D eigenvalue weighted by atomic mass is 127. The normalized spacial score (nSPS) is 15.8. The van der Waals surface area contributed by atoms with Crippen molar-refractivity contribution in [2.24, 2.45) is 4.99 Å². The van der Waals surface area contributed by atoms with Crippen molar-refractivity contribution < 1.29 is 0 Å². The van der Waals surface area contributed by atoms with E-state index in [-0.39, 0.29) is 24.0 Å². The third-order valence-electron chi connectivity index (χ3n) is 4.83. The SMILES string of the molecule is CN=C(NCCc1cccnc1)NC1CCN(Cc2ccccc2)CC1.I. The third-order valence-corrected chi connectivity index (χ3v) is 4.83. The van der Waals surface area contributed by atoms with Crippen molar-refractivity contribution in [1.82, 2.24) is 20.5 Å². The summed E-state index contributed by atoms with van der Waals surface area (Å²) in [6, 6.07) is 15.3. The van der Waals surface area contributed by atoms with Crippen molar-refractivity contribution >= 4 is 29.9 Å². The van der Waals surface area contributed by atoms with Gasteiger partial charge in [0.2, 0.25) is 0 Å². The number of pyridine rings is 1. The highest BCUT2D eigenvalue weighted by molar-refractivity contribution is 14.0. The molecule has 1 aliphatic rings. The zero-order valence-corrected chi connectivity index (χ0v) is 18.3. The highest BCUT2D eigenvalue weighted by Crippen LogP contribution is 2.13. The summed E-state index contributed by atoms with van der Waals surface area (Å²) in [5.74, 6) is 0.899. The van der Waals surface area contributed by atoms with Crippen LogP contribution in [0.1, 0.15) is 24.0 Å². The number of nitrogens with zero attached hydrogens (tertiary/aromatic N) is 3. The smallest absolute Gasteiger partial charge is 0.191 e. The number of piperidine rings is 1. The molecule has 1 aromatic heterocycles. The monoisotopic (exact) mass is 479 g/mol. The number of aromatic nitrogens is 1. The Morgan fingerprint density at radius 3 is 2.52 bits per heavy atom. The molecule has 6 heteroatoms. The van der Waals surface area contributed by atoms with Gasteiger partial charge in [-0.05, 0) is 36.5 Å². The van der Waals surface area contributed by atoms with Gasteiger partial charge < -0.3 is 10.6 Å². The molecule has 0 bridgehead atoms. The summed E-state index contributed by atoms with van der Waals surface area (Å²) in [5, 5.41) is 6.99. The lowest BCUT2D eigenvalue weighted by Gasteiger charge is -2.33. The van der Waals surface area contributed by atoms with E-state index in [4.69, 9.17) is 0 Å². The second-order valence-electron chi connectivity index (χ2n) is 6.79. The Labute approximate surface area is 179 Å². The molecule has 0 saturated carbocycles. The average molecular weight is 479 g/mol. The Balaban J connectivity index is 0.00000261. The van der Waals surface area contributed by atoms with E-state index in [9.17, 15) is 0 Å². The van der Waals surface area contributed by atoms with E-state index in [1.807, 2.05) is 25.5 Å². The van der Waals surface area contributed by atoms with Crippen LogP contribution >= 0.6 is 24.0 Å². The van der Waals surface area contributed by atoms with Crippen molar-refractivity contribution in [3.05, 3.63) is 66.0 Å². The lowest BCUT2D eigenvalue weighted by atomic mass is 10.0. The standard InChI is InChI=1S/C21H29N5.HI/c1-22-21(24-13-9-18-8-5-12-23-16-18)25-20-10-14-26(15-11-20)17-19-6-3-2-4-7-19;/h2-8,12,16,20H,9-11,13-15,17H2,1H3,(H2,22,24,25);1H.